The Morgan fingerprint density at radius 1 is 1.33 bits per heavy atom. The molecule has 0 aliphatic carbocycles. The highest BCUT2D eigenvalue weighted by molar-refractivity contribution is 6.03. The van der Waals surface area contributed by atoms with Gasteiger partial charge in [-0.25, -0.2) is 0 Å². The van der Waals surface area contributed by atoms with Crippen LogP contribution in [0.4, 0.5) is 5.69 Å². The standard InChI is InChI=1S/C12H17N3O3/c13-8-4-3-6-10(14)12(16)9-5-1-2-7-11(9)15(17)18/h1-2,5,7,10H,3-4,6,8,13-14H2/t10-/m0/s1. The second kappa shape index (κ2) is 6.83. The average Bonchev–Trinajstić information content (AvgIpc) is 2.38. The predicted molar refractivity (Wildman–Crippen MR) is 68.3 cm³/mol. The van der Waals surface area contributed by atoms with Crippen molar-refractivity contribution in [2.24, 2.45) is 11.5 Å². The first-order valence-corrected chi connectivity index (χ1v) is 5.81. The van der Waals surface area contributed by atoms with Gasteiger partial charge in [-0.1, -0.05) is 18.6 Å². The van der Waals surface area contributed by atoms with Crippen molar-refractivity contribution < 1.29 is 9.72 Å². The maximum atomic E-state index is 12.0. The van der Waals surface area contributed by atoms with Gasteiger partial charge in [-0.05, 0) is 25.5 Å². The molecule has 98 valence electrons. The number of ketones is 1. The Balaban J connectivity index is 2.80. The van der Waals surface area contributed by atoms with Crippen molar-refractivity contribution in [3.8, 4) is 0 Å². The number of rotatable bonds is 7. The molecule has 6 nitrogen and oxygen atoms in total. The molecule has 0 unspecified atom stereocenters. The molecule has 6 heteroatoms. The number of Topliss-reactive ketones (excluding diaryl/α,β-unsaturated/α-hetero) is 1. The number of carbonyl (C=O) groups excluding carboxylic acids is 1. The summed E-state index contributed by atoms with van der Waals surface area (Å²) in [4.78, 5) is 22.2. The summed E-state index contributed by atoms with van der Waals surface area (Å²) in [7, 11) is 0. The zero-order valence-corrected chi connectivity index (χ0v) is 10.0. The van der Waals surface area contributed by atoms with Gasteiger partial charge in [0.25, 0.3) is 5.69 Å². The van der Waals surface area contributed by atoms with Crippen LogP contribution in [-0.2, 0) is 0 Å². The minimum absolute atomic E-state index is 0.0720. The van der Waals surface area contributed by atoms with Crippen molar-refractivity contribution in [3.63, 3.8) is 0 Å². The molecule has 1 aromatic carbocycles. The van der Waals surface area contributed by atoms with Crippen LogP contribution in [0.2, 0.25) is 0 Å². The summed E-state index contributed by atoms with van der Waals surface area (Å²) in [5.74, 6) is -0.390. The second-order valence-electron chi connectivity index (χ2n) is 4.03. The first-order valence-electron chi connectivity index (χ1n) is 5.81. The van der Waals surface area contributed by atoms with Crippen molar-refractivity contribution in [2.45, 2.75) is 25.3 Å². The van der Waals surface area contributed by atoms with E-state index in [1.54, 1.807) is 6.07 Å². The summed E-state index contributed by atoms with van der Waals surface area (Å²) in [5.41, 5.74) is 11.0. The topological polar surface area (TPSA) is 112 Å². The van der Waals surface area contributed by atoms with Gasteiger partial charge in [0.2, 0.25) is 0 Å². The highest BCUT2D eigenvalue weighted by Crippen LogP contribution is 2.20. The summed E-state index contributed by atoms with van der Waals surface area (Å²) in [5, 5.41) is 10.8. The Kier molecular flexibility index (Phi) is 5.41. The lowest BCUT2D eigenvalue weighted by atomic mass is 9.99. The summed E-state index contributed by atoms with van der Waals surface area (Å²) >= 11 is 0. The molecule has 0 aliphatic rings. The van der Waals surface area contributed by atoms with E-state index >= 15 is 0 Å². The van der Waals surface area contributed by atoms with Crippen molar-refractivity contribution in [1.82, 2.24) is 0 Å². The molecule has 0 saturated carbocycles. The van der Waals surface area contributed by atoms with Crippen molar-refractivity contribution in [3.05, 3.63) is 39.9 Å². The van der Waals surface area contributed by atoms with E-state index in [2.05, 4.69) is 0 Å². The van der Waals surface area contributed by atoms with Crippen LogP contribution in [0.15, 0.2) is 24.3 Å². The third-order valence-electron chi connectivity index (χ3n) is 2.67. The fourth-order valence-electron chi connectivity index (χ4n) is 1.68. The summed E-state index contributed by atoms with van der Waals surface area (Å²) in [6, 6.07) is 5.14. The highest BCUT2D eigenvalue weighted by Gasteiger charge is 2.23. The normalized spacial score (nSPS) is 12.1. The van der Waals surface area contributed by atoms with Crippen molar-refractivity contribution in [1.29, 1.82) is 0 Å². The van der Waals surface area contributed by atoms with Crippen LogP contribution in [0.3, 0.4) is 0 Å². The number of carbonyl (C=O) groups is 1. The van der Waals surface area contributed by atoms with Gasteiger partial charge in [-0.15, -0.1) is 0 Å². The van der Waals surface area contributed by atoms with E-state index in [1.807, 2.05) is 0 Å². The van der Waals surface area contributed by atoms with Crippen molar-refractivity contribution >= 4 is 11.5 Å². The first-order chi connectivity index (χ1) is 8.57. The van der Waals surface area contributed by atoms with E-state index in [0.717, 1.165) is 12.8 Å². The summed E-state index contributed by atoms with van der Waals surface area (Å²) < 4.78 is 0. The number of para-hydroxylation sites is 1. The number of nitrogens with two attached hydrogens (primary N) is 2. The second-order valence-corrected chi connectivity index (χ2v) is 4.03. The molecule has 1 rings (SSSR count). The van der Waals surface area contributed by atoms with E-state index < -0.39 is 11.0 Å². The lowest BCUT2D eigenvalue weighted by Gasteiger charge is -2.10. The molecule has 4 N–H and O–H groups in total. The number of nitro benzene ring substituents is 1. The molecule has 0 fully saturated rings. The molecule has 0 saturated heterocycles. The van der Waals surface area contributed by atoms with E-state index in [1.165, 1.54) is 18.2 Å². The van der Waals surface area contributed by atoms with Gasteiger partial charge < -0.3 is 11.5 Å². The number of nitrogens with zero attached hydrogens (tertiary/aromatic N) is 1. The Morgan fingerprint density at radius 3 is 2.61 bits per heavy atom. The van der Waals surface area contributed by atoms with E-state index in [0.29, 0.717) is 13.0 Å². The molecule has 0 bridgehead atoms. The first kappa shape index (κ1) is 14.3. The Labute approximate surface area is 105 Å². The molecule has 1 aromatic rings. The van der Waals surface area contributed by atoms with E-state index in [4.69, 9.17) is 11.5 Å². The van der Waals surface area contributed by atoms with Crippen LogP contribution in [-0.4, -0.2) is 23.3 Å². The van der Waals surface area contributed by atoms with Gasteiger partial charge >= 0.3 is 0 Å². The third-order valence-corrected chi connectivity index (χ3v) is 2.67. The fraction of sp³-hybridized carbons (Fsp3) is 0.417. The van der Waals surface area contributed by atoms with Crippen molar-refractivity contribution in [2.75, 3.05) is 6.54 Å². The molecule has 1 atom stereocenters. The average molecular weight is 251 g/mol. The Bertz CT molecular complexity index is 434. The third kappa shape index (κ3) is 3.61. The highest BCUT2D eigenvalue weighted by atomic mass is 16.6. The SMILES string of the molecule is NCCCC[C@H](N)C(=O)c1ccccc1[N+](=O)[O-]. The quantitative estimate of drug-likeness (QED) is 0.327. The van der Waals surface area contributed by atoms with Crippen LogP contribution in [0.1, 0.15) is 29.6 Å². The van der Waals surface area contributed by atoms with Gasteiger partial charge in [-0.3, -0.25) is 14.9 Å². The van der Waals surface area contributed by atoms with Gasteiger partial charge in [0.15, 0.2) is 5.78 Å². The zero-order chi connectivity index (χ0) is 13.5. The molecule has 18 heavy (non-hydrogen) atoms. The molecule has 0 radical (unpaired) electrons. The van der Waals surface area contributed by atoms with Gasteiger partial charge in [0.05, 0.1) is 16.5 Å². The summed E-state index contributed by atoms with van der Waals surface area (Å²) in [6.07, 6.45) is 2.02. The lowest BCUT2D eigenvalue weighted by Crippen LogP contribution is -2.31. The molecule has 0 aromatic heterocycles. The van der Waals surface area contributed by atoms with Crippen LogP contribution < -0.4 is 11.5 Å². The number of unbranched alkanes of at least 4 members (excludes halogenated alkanes) is 1. The van der Waals surface area contributed by atoms with Gasteiger partial charge in [0.1, 0.15) is 0 Å². The molecule has 0 amide bonds. The van der Waals surface area contributed by atoms with Gasteiger partial charge in [0, 0.05) is 6.07 Å². The minimum atomic E-state index is -0.711. The number of nitro groups is 1. The Morgan fingerprint density at radius 2 is 2.00 bits per heavy atom. The molecular weight excluding hydrogens is 234 g/mol. The van der Waals surface area contributed by atoms with Crippen LogP contribution in [0, 0.1) is 10.1 Å². The Hall–Kier alpha value is -1.79. The summed E-state index contributed by atoms with van der Waals surface area (Å²) in [6.45, 7) is 0.548. The van der Waals surface area contributed by atoms with Crippen LogP contribution in [0.5, 0.6) is 0 Å². The monoisotopic (exact) mass is 251 g/mol. The fourth-order valence-corrected chi connectivity index (χ4v) is 1.68. The molecule has 0 aliphatic heterocycles. The smallest absolute Gasteiger partial charge is 0.280 e. The number of hydrogen-bond acceptors (Lipinski definition) is 5. The number of hydrogen-bond donors (Lipinski definition) is 2. The van der Waals surface area contributed by atoms with E-state index in [-0.39, 0.29) is 17.0 Å². The van der Waals surface area contributed by atoms with Gasteiger partial charge in [-0.2, -0.15) is 0 Å². The minimum Gasteiger partial charge on any atom is -0.330 e. The number of benzene rings is 1. The maximum Gasteiger partial charge on any atom is 0.280 e. The van der Waals surface area contributed by atoms with Crippen LogP contribution >= 0.6 is 0 Å². The lowest BCUT2D eigenvalue weighted by molar-refractivity contribution is -0.385. The largest absolute Gasteiger partial charge is 0.330 e. The molecule has 0 spiro atoms. The molecule has 0 heterocycles. The predicted octanol–water partition coefficient (Wildman–Crippen LogP) is 1.23. The zero-order valence-electron chi connectivity index (χ0n) is 10.0. The molecular formula is C12H17N3O3. The van der Waals surface area contributed by atoms with Crippen LogP contribution in [0.25, 0.3) is 0 Å². The maximum absolute atomic E-state index is 12.0. The van der Waals surface area contributed by atoms with E-state index in [9.17, 15) is 14.9 Å².